The second-order valence-corrected chi connectivity index (χ2v) is 1.07. The average molecular weight is 182 g/mol. The first-order chi connectivity index (χ1) is 6.29. The Bertz CT molecular complexity index is 162. The molecule has 0 atom stereocenters. The number of cyclic esters (lactones) is 2. The fraction of sp³-hybridized carbons (Fsp3) is 0. The molecule has 0 radical (unpaired) electrons. The Kier molecular flexibility index (Phi) is 22.0. The number of hydrogen-bond acceptors (Lipinski definition) is 3. The van der Waals surface area contributed by atoms with E-state index in [0.29, 0.717) is 0 Å². The molecule has 3 nitrogen and oxygen atoms in total. The van der Waals surface area contributed by atoms with Crippen molar-refractivity contribution in [2.24, 2.45) is 0 Å². The maximum absolute atomic E-state index is 9.92. The zero-order chi connectivity index (χ0) is 11.3. The zero-order valence-electron chi connectivity index (χ0n) is 7.62. The summed E-state index contributed by atoms with van der Waals surface area (Å²) in [6.45, 7) is 18.0. The molecule has 0 saturated heterocycles. The summed E-state index contributed by atoms with van der Waals surface area (Å²) in [5.41, 5.74) is 0. The molecule has 13 heavy (non-hydrogen) atoms. The highest BCUT2D eigenvalue weighted by atomic mass is 16.6. The fourth-order valence-corrected chi connectivity index (χ4v) is 0.303. The highest BCUT2D eigenvalue weighted by Gasteiger charge is 2.10. The van der Waals surface area contributed by atoms with E-state index in [1.54, 1.807) is 0 Å². The minimum Gasteiger partial charge on any atom is -0.387 e. The van der Waals surface area contributed by atoms with Gasteiger partial charge in [0.1, 0.15) is 0 Å². The standard InChI is InChI=1S/C4H2O3.3C2H4/c5-3-1-2-4(6)7-3;3*1-2/h1-2H;3*1-2H2. The summed E-state index contributed by atoms with van der Waals surface area (Å²) in [7, 11) is 0. The molecule has 0 bridgehead atoms. The van der Waals surface area contributed by atoms with Gasteiger partial charge in [0.05, 0.1) is 0 Å². The summed E-state index contributed by atoms with van der Waals surface area (Å²) >= 11 is 0. The largest absolute Gasteiger partial charge is 0.387 e. The Morgan fingerprint density at radius 3 is 1.08 bits per heavy atom. The van der Waals surface area contributed by atoms with Crippen LogP contribution in [0, 0.1) is 0 Å². The molecule has 0 aromatic heterocycles. The van der Waals surface area contributed by atoms with E-state index in [0.717, 1.165) is 12.2 Å². The second kappa shape index (κ2) is 16.6. The lowest BCUT2D eigenvalue weighted by Gasteiger charge is -1.80. The lowest BCUT2D eigenvalue weighted by molar-refractivity contribution is -0.150. The van der Waals surface area contributed by atoms with Gasteiger partial charge in [-0.25, -0.2) is 9.59 Å². The van der Waals surface area contributed by atoms with Gasteiger partial charge in [0.2, 0.25) is 0 Å². The van der Waals surface area contributed by atoms with Crippen molar-refractivity contribution in [2.45, 2.75) is 0 Å². The Morgan fingerprint density at radius 1 is 0.769 bits per heavy atom. The molecule has 3 heteroatoms. The van der Waals surface area contributed by atoms with Crippen LogP contribution in [0.3, 0.4) is 0 Å². The molecule has 0 N–H and O–H groups in total. The number of hydrogen-bond donors (Lipinski definition) is 0. The maximum Gasteiger partial charge on any atom is 0.338 e. The van der Waals surface area contributed by atoms with Crippen molar-refractivity contribution in [3.8, 4) is 0 Å². The Balaban J connectivity index is -0.000000144. The van der Waals surface area contributed by atoms with Crippen molar-refractivity contribution in [3.05, 3.63) is 51.6 Å². The highest BCUT2D eigenvalue weighted by Crippen LogP contribution is 1.92. The average Bonchev–Trinajstić information content (AvgIpc) is 2.60. The van der Waals surface area contributed by atoms with Crippen LogP contribution in [-0.2, 0) is 14.3 Å². The Hall–Kier alpha value is -1.90. The lowest BCUT2D eigenvalue weighted by Crippen LogP contribution is -1.96. The third-order valence-corrected chi connectivity index (χ3v) is 0.557. The smallest absolute Gasteiger partial charge is 0.338 e. The van der Waals surface area contributed by atoms with Crippen molar-refractivity contribution < 1.29 is 14.3 Å². The van der Waals surface area contributed by atoms with Gasteiger partial charge in [0.15, 0.2) is 0 Å². The second-order valence-electron chi connectivity index (χ2n) is 1.07. The molecule has 1 aliphatic rings. The van der Waals surface area contributed by atoms with Crippen LogP contribution in [0.25, 0.3) is 0 Å². The van der Waals surface area contributed by atoms with Crippen molar-refractivity contribution in [1.29, 1.82) is 0 Å². The van der Waals surface area contributed by atoms with Crippen LogP contribution in [-0.4, -0.2) is 11.9 Å². The Labute approximate surface area is 78.7 Å². The topological polar surface area (TPSA) is 43.4 Å². The van der Waals surface area contributed by atoms with E-state index in [-0.39, 0.29) is 0 Å². The SMILES string of the molecule is C=C.C=C.C=C.O=C1C=CC(=O)O1. The van der Waals surface area contributed by atoms with Crippen molar-refractivity contribution in [1.82, 2.24) is 0 Å². The summed E-state index contributed by atoms with van der Waals surface area (Å²) in [5.74, 6) is -1.16. The van der Waals surface area contributed by atoms with Crippen LogP contribution < -0.4 is 0 Å². The van der Waals surface area contributed by atoms with Crippen LogP contribution in [0.5, 0.6) is 0 Å². The number of carbonyl (C=O) groups is 2. The van der Waals surface area contributed by atoms with E-state index in [4.69, 9.17) is 0 Å². The van der Waals surface area contributed by atoms with Crippen LogP contribution >= 0.6 is 0 Å². The summed E-state index contributed by atoms with van der Waals surface area (Å²) in [6, 6.07) is 0. The van der Waals surface area contributed by atoms with Crippen LogP contribution in [0.2, 0.25) is 0 Å². The predicted molar refractivity (Wildman–Crippen MR) is 54.0 cm³/mol. The van der Waals surface area contributed by atoms with Gasteiger partial charge in [0, 0.05) is 12.2 Å². The molecule has 0 saturated carbocycles. The van der Waals surface area contributed by atoms with Crippen molar-refractivity contribution >= 4 is 11.9 Å². The summed E-state index contributed by atoms with van der Waals surface area (Å²) in [6.07, 6.45) is 2.17. The van der Waals surface area contributed by atoms with E-state index < -0.39 is 11.9 Å². The third kappa shape index (κ3) is 13.1. The first-order valence-corrected chi connectivity index (χ1v) is 3.23. The first-order valence-electron chi connectivity index (χ1n) is 3.23. The van der Waals surface area contributed by atoms with Crippen molar-refractivity contribution in [2.75, 3.05) is 0 Å². The minimum atomic E-state index is -0.579. The van der Waals surface area contributed by atoms with E-state index in [1.807, 2.05) is 0 Å². The normalized spacial score (nSPS) is 10.5. The van der Waals surface area contributed by atoms with Crippen LogP contribution in [0.1, 0.15) is 0 Å². The molecule has 0 spiro atoms. The van der Waals surface area contributed by atoms with Gasteiger partial charge in [-0.1, -0.05) is 0 Å². The predicted octanol–water partition coefficient (Wildman–Crippen LogP) is 2.03. The molecular formula is C10H14O3. The summed E-state index contributed by atoms with van der Waals surface area (Å²) in [5, 5.41) is 0. The molecule has 1 rings (SSSR count). The van der Waals surface area contributed by atoms with E-state index in [9.17, 15) is 9.59 Å². The van der Waals surface area contributed by atoms with Gasteiger partial charge < -0.3 is 4.74 Å². The summed E-state index contributed by atoms with van der Waals surface area (Å²) in [4.78, 5) is 19.8. The molecule has 72 valence electrons. The minimum absolute atomic E-state index is 0.579. The van der Waals surface area contributed by atoms with Crippen LogP contribution in [0.4, 0.5) is 0 Å². The summed E-state index contributed by atoms with van der Waals surface area (Å²) < 4.78 is 3.97. The van der Waals surface area contributed by atoms with Gasteiger partial charge in [-0.3, -0.25) is 0 Å². The fourth-order valence-electron chi connectivity index (χ4n) is 0.303. The molecule has 1 aliphatic heterocycles. The van der Waals surface area contributed by atoms with Gasteiger partial charge in [-0.15, -0.1) is 39.5 Å². The number of ether oxygens (including phenoxy) is 1. The number of rotatable bonds is 0. The zero-order valence-corrected chi connectivity index (χ0v) is 7.62. The quantitative estimate of drug-likeness (QED) is 0.327. The first kappa shape index (κ1) is 17.3. The lowest BCUT2D eigenvalue weighted by atomic mass is 10.6. The molecule has 0 amide bonds. The Morgan fingerprint density at radius 2 is 1.00 bits per heavy atom. The molecule has 0 fully saturated rings. The molecule has 1 heterocycles. The van der Waals surface area contributed by atoms with E-state index in [2.05, 4.69) is 44.2 Å². The monoisotopic (exact) mass is 182 g/mol. The van der Waals surface area contributed by atoms with Gasteiger partial charge in [-0.05, 0) is 0 Å². The third-order valence-electron chi connectivity index (χ3n) is 0.557. The van der Waals surface area contributed by atoms with Gasteiger partial charge >= 0.3 is 11.9 Å². The van der Waals surface area contributed by atoms with Gasteiger partial charge in [-0.2, -0.15) is 0 Å². The van der Waals surface area contributed by atoms with E-state index >= 15 is 0 Å². The van der Waals surface area contributed by atoms with Crippen molar-refractivity contribution in [3.63, 3.8) is 0 Å². The number of carbonyl (C=O) groups excluding carboxylic acids is 2. The molecule has 0 aromatic carbocycles. The van der Waals surface area contributed by atoms with E-state index in [1.165, 1.54) is 0 Å². The molecule has 0 aromatic rings. The van der Waals surface area contributed by atoms with Crippen LogP contribution in [0.15, 0.2) is 51.6 Å². The number of esters is 2. The molecule has 0 aliphatic carbocycles. The maximum atomic E-state index is 9.92. The molecule has 0 unspecified atom stereocenters. The highest BCUT2D eigenvalue weighted by molar-refractivity contribution is 6.04. The molecular weight excluding hydrogens is 168 g/mol. The van der Waals surface area contributed by atoms with Gasteiger partial charge in [0.25, 0.3) is 0 Å².